The lowest BCUT2D eigenvalue weighted by molar-refractivity contribution is -0.139. The number of aryl methyl sites for hydroxylation is 1. The van der Waals surface area contributed by atoms with Crippen molar-refractivity contribution in [1.82, 2.24) is 34.7 Å². The number of nitrogens with zero attached hydrogens (tertiary/aromatic N) is 7. The largest absolute Gasteiger partial charge is 0.439 e. The van der Waals surface area contributed by atoms with E-state index in [-0.39, 0.29) is 11.6 Å². The molecule has 1 amide bonds. The van der Waals surface area contributed by atoms with Crippen LogP contribution in [0.5, 0.6) is 11.6 Å². The van der Waals surface area contributed by atoms with Crippen molar-refractivity contribution in [2.45, 2.75) is 19.6 Å². The van der Waals surface area contributed by atoms with Gasteiger partial charge < -0.3 is 10.1 Å². The van der Waals surface area contributed by atoms with Crippen molar-refractivity contribution in [3.05, 3.63) is 84.0 Å². The molecule has 0 saturated heterocycles. The summed E-state index contributed by atoms with van der Waals surface area (Å²) in [5, 5.41) is 14.3. The van der Waals surface area contributed by atoms with Crippen LogP contribution in [-0.2, 0) is 12.7 Å². The van der Waals surface area contributed by atoms with E-state index in [1.54, 1.807) is 41.9 Å². The molecule has 37 heavy (non-hydrogen) atoms. The molecule has 2 aromatic carbocycles. The molecule has 0 unspecified atom stereocenters. The molecule has 3 aromatic heterocycles. The number of alkyl halides is 3. The minimum absolute atomic E-state index is 0.197. The summed E-state index contributed by atoms with van der Waals surface area (Å²) >= 11 is 0. The molecule has 5 aromatic rings. The molecule has 0 fully saturated rings. The number of carbonyl (C=O) groups is 1. The molecule has 3 heterocycles. The lowest BCUT2D eigenvalue weighted by Gasteiger charge is -2.12. The number of aromatic nitrogens is 7. The molecule has 0 bridgehead atoms. The third kappa shape index (κ3) is 5.07. The van der Waals surface area contributed by atoms with Gasteiger partial charge in [0.05, 0.1) is 23.3 Å². The van der Waals surface area contributed by atoms with Crippen LogP contribution in [0, 0.1) is 12.7 Å². The summed E-state index contributed by atoms with van der Waals surface area (Å²) in [5.41, 5.74) is -0.568. The Bertz CT molecular complexity index is 1610. The van der Waals surface area contributed by atoms with Gasteiger partial charge in [-0.1, -0.05) is 0 Å². The smallest absolute Gasteiger partial charge is 0.419 e. The highest BCUT2D eigenvalue weighted by Crippen LogP contribution is 2.33. The Balaban J connectivity index is 1.32. The van der Waals surface area contributed by atoms with Crippen molar-refractivity contribution in [2.75, 3.05) is 5.32 Å². The van der Waals surface area contributed by atoms with E-state index in [2.05, 4.69) is 30.8 Å². The SMILES string of the molecule is Cc1nnnn1Cc1cc(Oc2ccc3c(ccn3C(=O)Nc3ccc(F)c(C(F)(F)F)c3)c2)ncn1. The first-order chi connectivity index (χ1) is 17.7. The zero-order valence-electron chi connectivity index (χ0n) is 18.9. The summed E-state index contributed by atoms with van der Waals surface area (Å²) in [6, 6.07) is 9.70. The number of benzene rings is 2. The summed E-state index contributed by atoms with van der Waals surface area (Å²) in [6.07, 6.45) is -2.09. The molecule has 0 aliphatic rings. The minimum Gasteiger partial charge on any atom is -0.439 e. The average Bonchev–Trinajstić information content (AvgIpc) is 3.45. The van der Waals surface area contributed by atoms with Crippen molar-refractivity contribution in [1.29, 1.82) is 0 Å². The number of nitrogens with one attached hydrogen (secondary N) is 1. The number of anilines is 1. The van der Waals surface area contributed by atoms with Gasteiger partial charge >= 0.3 is 12.2 Å². The monoisotopic (exact) mass is 512 g/mol. The molecule has 0 saturated carbocycles. The number of hydrogen-bond donors (Lipinski definition) is 1. The van der Waals surface area contributed by atoms with Gasteiger partial charge in [-0.25, -0.2) is 23.8 Å². The van der Waals surface area contributed by atoms with Crippen LogP contribution in [0.3, 0.4) is 0 Å². The van der Waals surface area contributed by atoms with E-state index in [0.29, 0.717) is 46.8 Å². The number of rotatable bonds is 5. The molecular weight excluding hydrogens is 496 g/mol. The van der Waals surface area contributed by atoms with Crippen LogP contribution in [0.25, 0.3) is 10.9 Å². The fraction of sp³-hybridized carbons (Fsp3) is 0.130. The standard InChI is InChI=1S/C23H16F4N8O2/c1-13-31-32-33-35(13)11-16-10-21(29-12-28-16)37-17-3-5-20-14(8-17)6-7-34(20)22(36)30-15-2-4-19(24)18(9-15)23(25,26)27/h2-10,12H,11H2,1H3,(H,30,36). The summed E-state index contributed by atoms with van der Waals surface area (Å²) in [4.78, 5) is 21.0. The van der Waals surface area contributed by atoms with Gasteiger partial charge in [-0.05, 0) is 59.8 Å². The second-order valence-corrected chi connectivity index (χ2v) is 7.86. The second kappa shape index (κ2) is 9.29. The number of tetrazole rings is 1. The van der Waals surface area contributed by atoms with Crippen molar-refractivity contribution in [3.63, 3.8) is 0 Å². The van der Waals surface area contributed by atoms with Crippen LogP contribution in [0.4, 0.5) is 28.0 Å². The molecule has 0 aliphatic carbocycles. The number of ether oxygens (including phenoxy) is 1. The first kappa shape index (κ1) is 23.8. The first-order valence-corrected chi connectivity index (χ1v) is 10.7. The fourth-order valence-corrected chi connectivity index (χ4v) is 3.55. The maximum absolute atomic E-state index is 13.5. The molecule has 10 nitrogen and oxygen atoms in total. The van der Waals surface area contributed by atoms with Crippen molar-refractivity contribution in [2.24, 2.45) is 0 Å². The Morgan fingerprint density at radius 2 is 1.92 bits per heavy atom. The van der Waals surface area contributed by atoms with Crippen LogP contribution in [-0.4, -0.2) is 40.8 Å². The van der Waals surface area contributed by atoms with Gasteiger partial charge in [0.2, 0.25) is 5.88 Å². The molecule has 0 spiro atoms. The summed E-state index contributed by atoms with van der Waals surface area (Å²) in [5.74, 6) is -0.0858. The minimum atomic E-state index is -4.89. The highest BCUT2D eigenvalue weighted by atomic mass is 19.4. The highest BCUT2D eigenvalue weighted by molar-refractivity contribution is 5.98. The molecule has 5 rings (SSSR count). The first-order valence-electron chi connectivity index (χ1n) is 10.7. The summed E-state index contributed by atoms with van der Waals surface area (Å²) < 4.78 is 61.1. The van der Waals surface area contributed by atoms with E-state index < -0.39 is 23.6 Å². The van der Waals surface area contributed by atoms with Crippen LogP contribution in [0.15, 0.2) is 61.1 Å². The molecule has 188 valence electrons. The van der Waals surface area contributed by atoms with Gasteiger partial charge in [0.15, 0.2) is 0 Å². The molecule has 0 atom stereocenters. The van der Waals surface area contributed by atoms with Gasteiger partial charge in [0.1, 0.15) is 23.7 Å². The molecule has 1 N–H and O–H groups in total. The highest BCUT2D eigenvalue weighted by Gasteiger charge is 2.34. The van der Waals surface area contributed by atoms with Gasteiger partial charge in [-0.15, -0.1) is 5.10 Å². The van der Waals surface area contributed by atoms with E-state index in [9.17, 15) is 22.4 Å². The quantitative estimate of drug-likeness (QED) is 0.337. The lowest BCUT2D eigenvalue weighted by Crippen LogP contribution is -2.19. The van der Waals surface area contributed by atoms with Crippen LogP contribution in [0.2, 0.25) is 0 Å². The number of amides is 1. The molecule has 14 heteroatoms. The Labute approximate surface area is 205 Å². The lowest BCUT2D eigenvalue weighted by atomic mass is 10.2. The second-order valence-electron chi connectivity index (χ2n) is 7.86. The van der Waals surface area contributed by atoms with Gasteiger partial charge in [0.25, 0.3) is 0 Å². The Morgan fingerprint density at radius 3 is 2.68 bits per heavy atom. The van der Waals surface area contributed by atoms with Crippen LogP contribution < -0.4 is 10.1 Å². The van der Waals surface area contributed by atoms with E-state index in [1.165, 1.54) is 17.1 Å². The Morgan fingerprint density at radius 1 is 1.08 bits per heavy atom. The maximum Gasteiger partial charge on any atom is 0.419 e. The van der Waals surface area contributed by atoms with Gasteiger partial charge in [0, 0.05) is 23.3 Å². The van der Waals surface area contributed by atoms with Crippen molar-refractivity contribution in [3.8, 4) is 11.6 Å². The Hall–Kier alpha value is -4.88. The maximum atomic E-state index is 13.5. The summed E-state index contributed by atoms with van der Waals surface area (Å²) in [6.45, 7) is 2.09. The Kier molecular flexibility index (Phi) is 5.99. The third-order valence-electron chi connectivity index (χ3n) is 5.35. The number of halogens is 4. The average molecular weight is 512 g/mol. The summed E-state index contributed by atoms with van der Waals surface area (Å²) in [7, 11) is 0. The molecular formula is C23H16F4N8O2. The number of hydrogen-bond acceptors (Lipinski definition) is 7. The van der Waals surface area contributed by atoms with Crippen molar-refractivity contribution >= 4 is 22.6 Å². The van der Waals surface area contributed by atoms with Gasteiger partial charge in [-0.3, -0.25) is 4.57 Å². The van der Waals surface area contributed by atoms with Crippen LogP contribution in [0.1, 0.15) is 17.1 Å². The number of carbonyl (C=O) groups excluding carboxylic acids is 1. The van der Waals surface area contributed by atoms with Gasteiger partial charge in [-0.2, -0.15) is 13.2 Å². The predicted molar refractivity (Wildman–Crippen MR) is 122 cm³/mol. The zero-order chi connectivity index (χ0) is 26.2. The van der Waals surface area contributed by atoms with E-state index in [0.717, 1.165) is 6.07 Å². The predicted octanol–water partition coefficient (Wildman–Crippen LogP) is 4.80. The van der Waals surface area contributed by atoms with E-state index in [4.69, 9.17) is 4.74 Å². The molecule has 0 aliphatic heterocycles. The molecule has 0 radical (unpaired) electrons. The normalized spacial score (nSPS) is 11.6. The van der Waals surface area contributed by atoms with E-state index >= 15 is 0 Å². The van der Waals surface area contributed by atoms with E-state index in [1.807, 2.05) is 0 Å². The zero-order valence-corrected chi connectivity index (χ0v) is 18.9. The number of fused-ring (bicyclic) bond motifs is 1. The van der Waals surface area contributed by atoms with Crippen molar-refractivity contribution < 1.29 is 27.1 Å². The fourth-order valence-electron chi connectivity index (χ4n) is 3.55. The van der Waals surface area contributed by atoms with Crippen LogP contribution >= 0.6 is 0 Å². The topological polar surface area (TPSA) is 113 Å². The third-order valence-corrected chi connectivity index (χ3v) is 5.35.